The molecule has 0 N–H and O–H groups in total. The number of para-hydroxylation sites is 3. The molecule has 0 bridgehead atoms. The summed E-state index contributed by atoms with van der Waals surface area (Å²) in [5, 5.41) is 6.83. The van der Waals surface area contributed by atoms with E-state index in [0.29, 0.717) is 5.92 Å². The number of benzene rings is 6. The first kappa shape index (κ1) is 25.2. The molecule has 4 heteroatoms. The van der Waals surface area contributed by atoms with Crippen LogP contribution in [0.3, 0.4) is 0 Å². The molecule has 1 aliphatic heterocycles. The van der Waals surface area contributed by atoms with Crippen molar-refractivity contribution in [3.05, 3.63) is 151 Å². The summed E-state index contributed by atoms with van der Waals surface area (Å²) in [7, 11) is 0. The van der Waals surface area contributed by atoms with E-state index >= 15 is 0 Å². The number of aromatic nitrogens is 1. The highest BCUT2D eigenvalue weighted by Gasteiger charge is 2.37. The quantitative estimate of drug-likeness (QED) is 0.197. The molecule has 0 saturated heterocycles. The molecule has 0 saturated carbocycles. The molecule has 2 aliphatic rings. The second kappa shape index (κ2) is 9.05. The molecule has 11 rings (SSSR count). The molecule has 1 aliphatic carbocycles. The summed E-state index contributed by atoms with van der Waals surface area (Å²) in [5.41, 5.74) is 11.9. The van der Waals surface area contributed by atoms with Gasteiger partial charge in [-0.05, 0) is 78.7 Å². The van der Waals surface area contributed by atoms with E-state index in [4.69, 9.17) is 8.83 Å². The molecule has 6 aromatic carbocycles. The Hall–Kier alpha value is -6.00. The van der Waals surface area contributed by atoms with Gasteiger partial charge in [0.1, 0.15) is 22.3 Å². The summed E-state index contributed by atoms with van der Waals surface area (Å²) in [6.07, 6.45) is 8.98. The first-order valence-corrected chi connectivity index (χ1v) is 16.3. The Bertz CT molecular complexity index is 2790. The Morgan fingerprint density at radius 2 is 1.21 bits per heavy atom. The monoisotopic (exact) mass is 604 g/mol. The highest BCUT2D eigenvalue weighted by Crippen LogP contribution is 2.49. The van der Waals surface area contributed by atoms with Gasteiger partial charge >= 0.3 is 0 Å². The van der Waals surface area contributed by atoms with Crippen LogP contribution in [0.5, 0.6) is 0 Å². The van der Waals surface area contributed by atoms with Crippen LogP contribution in [0.1, 0.15) is 17.0 Å². The summed E-state index contributed by atoms with van der Waals surface area (Å²) >= 11 is 0. The summed E-state index contributed by atoms with van der Waals surface area (Å²) in [5.74, 6) is 0.334. The first-order valence-electron chi connectivity index (χ1n) is 16.3. The van der Waals surface area contributed by atoms with Gasteiger partial charge in [-0.1, -0.05) is 78.9 Å². The van der Waals surface area contributed by atoms with E-state index in [1.807, 2.05) is 0 Å². The number of rotatable bonds is 2. The SMILES string of the molecule is Cc1cc2c3cc(-n4c5ccccc5c5ccccc54)ccc3oc2c2c1oc1ccc(N3c4ccccc4C4C=CC=CC43)cc12. The third-order valence-corrected chi connectivity index (χ3v) is 10.4. The van der Waals surface area contributed by atoms with E-state index in [2.05, 4.69) is 156 Å². The van der Waals surface area contributed by atoms with Crippen LogP contribution in [-0.4, -0.2) is 10.6 Å². The van der Waals surface area contributed by atoms with Gasteiger partial charge in [0.05, 0.1) is 22.5 Å². The largest absolute Gasteiger partial charge is 0.456 e. The molecule has 9 aromatic rings. The van der Waals surface area contributed by atoms with E-state index < -0.39 is 0 Å². The van der Waals surface area contributed by atoms with Crippen LogP contribution >= 0.6 is 0 Å². The van der Waals surface area contributed by atoms with E-state index in [-0.39, 0.29) is 6.04 Å². The molecule has 0 amide bonds. The van der Waals surface area contributed by atoms with Crippen molar-refractivity contribution in [3.8, 4) is 5.69 Å². The lowest BCUT2D eigenvalue weighted by molar-refractivity contribution is 0.660. The molecule has 0 radical (unpaired) electrons. The lowest BCUT2D eigenvalue weighted by Gasteiger charge is -2.28. The zero-order valence-electron chi connectivity index (χ0n) is 25.6. The summed E-state index contributed by atoms with van der Waals surface area (Å²) < 4.78 is 15.7. The fourth-order valence-electron chi connectivity index (χ4n) is 8.38. The summed E-state index contributed by atoms with van der Waals surface area (Å²) in [6.45, 7) is 2.14. The zero-order chi connectivity index (χ0) is 30.8. The van der Waals surface area contributed by atoms with Gasteiger partial charge in [-0.25, -0.2) is 0 Å². The van der Waals surface area contributed by atoms with Crippen LogP contribution in [0.2, 0.25) is 0 Å². The highest BCUT2D eigenvalue weighted by molar-refractivity contribution is 6.23. The van der Waals surface area contributed by atoms with E-state index in [0.717, 1.165) is 60.8 Å². The molecular weight excluding hydrogens is 576 g/mol. The van der Waals surface area contributed by atoms with Gasteiger partial charge in [0.2, 0.25) is 0 Å². The van der Waals surface area contributed by atoms with Gasteiger partial charge < -0.3 is 18.3 Å². The molecule has 4 heterocycles. The fraction of sp³-hybridized carbons (Fsp3) is 0.0698. The van der Waals surface area contributed by atoms with E-state index in [1.54, 1.807) is 0 Å². The number of hydrogen-bond donors (Lipinski definition) is 0. The smallest absolute Gasteiger partial charge is 0.147 e. The van der Waals surface area contributed by atoms with Crippen LogP contribution in [-0.2, 0) is 0 Å². The predicted octanol–water partition coefficient (Wildman–Crippen LogP) is 11.6. The van der Waals surface area contributed by atoms with Crippen molar-refractivity contribution in [2.24, 2.45) is 0 Å². The number of anilines is 2. The standard InChI is InChI=1S/C43H28N2O2/c1-25-22-33-32-23-26(44-35-14-6-2-10-28(35)29-11-3-7-15-36(29)44)18-20-39(32)47-43(33)41-34-24-27(19-21-40(34)46-42(25)41)45-37-16-8-4-12-30(37)31-13-5-9-17-38(31)45/h2-24,30,37H,1H3. The lowest BCUT2D eigenvalue weighted by atomic mass is 9.91. The number of allylic oxidation sites excluding steroid dienone is 2. The van der Waals surface area contributed by atoms with Crippen LogP contribution in [0.4, 0.5) is 11.4 Å². The number of furan rings is 2. The van der Waals surface area contributed by atoms with Gasteiger partial charge in [-0.15, -0.1) is 0 Å². The Kier molecular flexibility index (Phi) is 4.86. The minimum atomic E-state index is 0.236. The van der Waals surface area contributed by atoms with Gasteiger partial charge in [0.25, 0.3) is 0 Å². The van der Waals surface area contributed by atoms with Gasteiger partial charge in [0.15, 0.2) is 0 Å². The lowest BCUT2D eigenvalue weighted by Crippen LogP contribution is -2.28. The van der Waals surface area contributed by atoms with Crippen molar-refractivity contribution in [2.45, 2.75) is 18.9 Å². The van der Waals surface area contributed by atoms with E-state index in [9.17, 15) is 0 Å². The molecule has 4 nitrogen and oxygen atoms in total. The van der Waals surface area contributed by atoms with Gasteiger partial charge in [-0.2, -0.15) is 0 Å². The molecule has 3 aromatic heterocycles. The third-order valence-electron chi connectivity index (χ3n) is 10.4. The third kappa shape index (κ3) is 3.31. The number of hydrogen-bond acceptors (Lipinski definition) is 3. The topological polar surface area (TPSA) is 34.5 Å². The Morgan fingerprint density at radius 1 is 0.553 bits per heavy atom. The Morgan fingerprint density at radius 3 is 2.04 bits per heavy atom. The predicted molar refractivity (Wildman–Crippen MR) is 193 cm³/mol. The summed E-state index contributed by atoms with van der Waals surface area (Å²) in [4.78, 5) is 2.47. The van der Waals surface area contributed by atoms with Crippen molar-refractivity contribution in [1.29, 1.82) is 0 Å². The Labute approximate surface area is 270 Å². The maximum absolute atomic E-state index is 6.74. The van der Waals surface area contributed by atoms with E-state index in [1.165, 1.54) is 33.1 Å². The molecule has 2 unspecified atom stereocenters. The van der Waals surface area contributed by atoms with Gasteiger partial charge in [0, 0.05) is 49.9 Å². The van der Waals surface area contributed by atoms with Crippen LogP contribution in [0.15, 0.2) is 148 Å². The molecule has 2 atom stereocenters. The highest BCUT2D eigenvalue weighted by atomic mass is 16.3. The van der Waals surface area contributed by atoms with Crippen molar-refractivity contribution in [2.75, 3.05) is 4.90 Å². The number of fused-ring (bicyclic) bond motifs is 13. The average Bonchev–Trinajstić information content (AvgIpc) is 3.86. The molecule has 0 fully saturated rings. The number of aryl methyl sites for hydroxylation is 1. The van der Waals surface area contributed by atoms with Crippen LogP contribution in [0.25, 0.3) is 71.4 Å². The van der Waals surface area contributed by atoms with Crippen LogP contribution < -0.4 is 4.90 Å². The first-order chi connectivity index (χ1) is 23.2. The Balaban J connectivity index is 1.15. The average molecular weight is 605 g/mol. The maximum Gasteiger partial charge on any atom is 0.147 e. The molecular formula is C43H28N2O2. The fourth-order valence-corrected chi connectivity index (χ4v) is 8.38. The maximum atomic E-state index is 6.74. The second-order valence-corrected chi connectivity index (χ2v) is 12.9. The van der Waals surface area contributed by atoms with Gasteiger partial charge in [-0.3, -0.25) is 0 Å². The van der Waals surface area contributed by atoms with Crippen molar-refractivity contribution >= 4 is 77.1 Å². The molecule has 47 heavy (non-hydrogen) atoms. The minimum absolute atomic E-state index is 0.236. The van der Waals surface area contributed by atoms with Crippen molar-refractivity contribution < 1.29 is 8.83 Å². The van der Waals surface area contributed by atoms with Crippen molar-refractivity contribution in [3.63, 3.8) is 0 Å². The second-order valence-electron chi connectivity index (χ2n) is 12.9. The van der Waals surface area contributed by atoms with Crippen LogP contribution in [0, 0.1) is 6.92 Å². The normalized spacial score (nSPS) is 17.3. The summed E-state index contributed by atoms with van der Waals surface area (Å²) in [6, 6.07) is 41.7. The van der Waals surface area contributed by atoms with Crippen molar-refractivity contribution in [1.82, 2.24) is 4.57 Å². The molecule has 0 spiro atoms. The zero-order valence-corrected chi connectivity index (χ0v) is 25.6. The minimum Gasteiger partial charge on any atom is -0.456 e. The number of nitrogens with zero attached hydrogens (tertiary/aromatic N) is 2. The molecule has 222 valence electrons.